The fraction of sp³-hybridized carbons (Fsp3) is 0.368. The molecule has 0 aliphatic carbocycles. The highest BCUT2D eigenvalue weighted by atomic mass is 32.1. The number of halogens is 2. The van der Waals surface area contributed by atoms with E-state index in [9.17, 15) is 18.4 Å². The molecule has 2 aromatic rings. The molecule has 9 heteroatoms. The molecule has 0 radical (unpaired) electrons. The van der Waals surface area contributed by atoms with Crippen molar-refractivity contribution in [2.45, 2.75) is 43.8 Å². The van der Waals surface area contributed by atoms with E-state index >= 15 is 0 Å². The minimum atomic E-state index is -3.09. The van der Waals surface area contributed by atoms with Gasteiger partial charge in [-0.15, -0.1) is 0 Å². The van der Waals surface area contributed by atoms with Crippen LogP contribution < -0.4 is 20.7 Å². The van der Waals surface area contributed by atoms with E-state index < -0.39 is 12.3 Å². The van der Waals surface area contributed by atoms with Crippen molar-refractivity contribution in [2.75, 3.05) is 5.32 Å². The molecular weight excluding hydrogens is 388 g/mol. The van der Waals surface area contributed by atoms with Crippen molar-refractivity contribution in [3.8, 4) is 10.8 Å². The molecule has 2 saturated heterocycles. The topological polar surface area (TPSA) is 79.5 Å². The summed E-state index contributed by atoms with van der Waals surface area (Å²) in [6, 6.07) is 10.6. The molecule has 2 fully saturated rings. The molecular formula is C19H19F2N3O3S. The first-order valence-electron chi connectivity index (χ1n) is 9.01. The maximum atomic E-state index is 12.5. The van der Waals surface area contributed by atoms with E-state index in [1.54, 1.807) is 24.3 Å². The highest BCUT2D eigenvalue weighted by molar-refractivity contribution is 7.15. The Labute approximate surface area is 164 Å². The van der Waals surface area contributed by atoms with Crippen LogP contribution in [-0.4, -0.2) is 36.4 Å². The SMILES string of the molecule is O=C(N[C@@H]1C[C@H]2CC[C@@H]1N2)c1ccc(Oc2cccc(NC(=O)C(F)F)c2)s1. The molecule has 2 aliphatic rings. The number of thiophene rings is 1. The number of anilines is 1. The van der Waals surface area contributed by atoms with Crippen molar-refractivity contribution in [1.29, 1.82) is 0 Å². The second-order valence-electron chi connectivity index (χ2n) is 6.90. The number of amides is 2. The van der Waals surface area contributed by atoms with Crippen molar-refractivity contribution in [3.05, 3.63) is 41.3 Å². The lowest BCUT2D eigenvalue weighted by Gasteiger charge is -2.20. The zero-order valence-electron chi connectivity index (χ0n) is 14.8. The molecule has 3 heterocycles. The molecule has 2 amide bonds. The first-order valence-corrected chi connectivity index (χ1v) is 9.83. The lowest BCUT2D eigenvalue weighted by molar-refractivity contribution is -0.126. The number of alkyl halides is 2. The number of hydrogen-bond acceptors (Lipinski definition) is 5. The van der Waals surface area contributed by atoms with Crippen LogP contribution in [0.15, 0.2) is 36.4 Å². The molecule has 2 bridgehead atoms. The molecule has 3 atom stereocenters. The fourth-order valence-corrected chi connectivity index (χ4v) is 4.45. The molecule has 3 N–H and O–H groups in total. The highest BCUT2D eigenvalue weighted by Gasteiger charge is 2.39. The molecule has 148 valence electrons. The fourth-order valence-electron chi connectivity index (χ4n) is 3.67. The van der Waals surface area contributed by atoms with Gasteiger partial charge in [-0.25, -0.2) is 0 Å². The van der Waals surface area contributed by atoms with Gasteiger partial charge in [-0.1, -0.05) is 17.4 Å². The van der Waals surface area contributed by atoms with Crippen molar-refractivity contribution in [3.63, 3.8) is 0 Å². The van der Waals surface area contributed by atoms with Gasteiger partial charge in [-0.3, -0.25) is 9.59 Å². The van der Waals surface area contributed by atoms with Crippen LogP contribution in [0.4, 0.5) is 14.5 Å². The van der Waals surface area contributed by atoms with E-state index in [-0.39, 0.29) is 17.6 Å². The van der Waals surface area contributed by atoms with Crippen molar-refractivity contribution in [2.24, 2.45) is 0 Å². The molecule has 0 saturated carbocycles. The Morgan fingerprint density at radius 3 is 2.79 bits per heavy atom. The number of ether oxygens (including phenoxy) is 1. The third-order valence-corrected chi connectivity index (χ3v) is 5.90. The van der Waals surface area contributed by atoms with E-state index in [0.717, 1.165) is 12.8 Å². The number of carbonyl (C=O) groups excluding carboxylic acids is 2. The van der Waals surface area contributed by atoms with Crippen LogP contribution in [0, 0.1) is 0 Å². The number of nitrogens with one attached hydrogen (secondary N) is 3. The van der Waals surface area contributed by atoms with Gasteiger partial charge in [-0.05, 0) is 43.5 Å². The first kappa shape index (κ1) is 18.8. The van der Waals surface area contributed by atoms with Gasteiger partial charge in [0.1, 0.15) is 5.75 Å². The predicted molar refractivity (Wildman–Crippen MR) is 101 cm³/mol. The van der Waals surface area contributed by atoms with E-state index in [1.807, 2.05) is 0 Å². The molecule has 2 aliphatic heterocycles. The van der Waals surface area contributed by atoms with Crippen molar-refractivity contribution in [1.82, 2.24) is 10.6 Å². The smallest absolute Gasteiger partial charge is 0.315 e. The maximum Gasteiger partial charge on any atom is 0.315 e. The number of hydrogen-bond donors (Lipinski definition) is 3. The van der Waals surface area contributed by atoms with Gasteiger partial charge in [0.2, 0.25) is 0 Å². The molecule has 4 rings (SSSR count). The Balaban J connectivity index is 1.37. The Hall–Kier alpha value is -2.52. The Morgan fingerprint density at radius 2 is 2.07 bits per heavy atom. The molecule has 28 heavy (non-hydrogen) atoms. The Bertz CT molecular complexity index is 889. The van der Waals surface area contributed by atoms with E-state index in [2.05, 4.69) is 16.0 Å². The quantitative estimate of drug-likeness (QED) is 0.686. The summed E-state index contributed by atoms with van der Waals surface area (Å²) in [6.45, 7) is 0. The average molecular weight is 407 g/mol. The normalized spacial score (nSPS) is 23.0. The Kier molecular flexibility index (Phi) is 5.27. The lowest BCUT2D eigenvalue weighted by atomic mass is 9.95. The van der Waals surface area contributed by atoms with E-state index in [4.69, 9.17) is 4.74 Å². The second-order valence-corrected chi connectivity index (χ2v) is 7.95. The summed E-state index contributed by atoms with van der Waals surface area (Å²) in [6.07, 6.45) is 0.133. The van der Waals surface area contributed by atoms with Gasteiger partial charge >= 0.3 is 6.43 Å². The van der Waals surface area contributed by atoms with Crippen molar-refractivity contribution < 1.29 is 23.1 Å². The third-order valence-electron chi connectivity index (χ3n) is 4.94. The number of benzene rings is 1. The van der Waals surface area contributed by atoms with Crippen LogP contribution in [0.25, 0.3) is 0 Å². The molecule has 6 nitrogen and oxygen atoms in total. The van der Waals surface area contributed by atoms with Crippen LogP contribution in [0.2, 0.25) is 0 Å². The minimum absolute atomic E-state index is 0.128. The summed E-state index contributed by atoms with van der Waals surface area (Å²) in [5.41, 5.74) is 0.209. The zero-order valence-corrected chi connectivity index (χ0v) is 15.6. The van der Waals surface area contributed by atoms with Gasteiger partial charge in [-0.2, -0.15) is 8.78 Å². The maximum absolute atomic E-state index is 12.5. The summed E-state index contributed by atoms with van der Waals surface area (Å²) in [5.74, 6) is -1.13. The standard InChI is InChI=1S/C19H19F2N3O3S/c20-17(21)19(26)23-10-2-1-3-12(8-10)27-16-7-6-15(28-16)18(25)24-14-9-11-4-5-13(14)22-11/h1-3,6-8,11,13-14,17,22H,4-5,9H2,(H,23,26)(H,24,25)/t11-,13+,14-/m1/s1. The second kappa shape index (κ2) is 7.84. The summed E-state index contributed by atoms with van der Waals surface area (Å²) < 4.78 is 30.4. The van der Waals surface area contributed by atoms with Gasteiger partial charge in [0.05, 0.1) is 4.88 Å². The molecule has 0 unspecified atom stereocenters. The summed E-state index contributed by atoms with van der Waals surface area (Å²) in [4.78, 5) is 24.1. The number of carbonyl (C=O) groups is 2. The number of rotatable bonds is 6. The lowest BCUT2D eigenvalue weighted by Crippen LogP contribution is -2.42. The van der Waals surface area contributed by atoms with Gasteiger partial charge in [0, 0.05) is 29.9 Å². The molecule has 1 aromatic heterocycles. The summed E-state index contributed by atoms with van der Waals surface area (Å²) in [5, 5.41) is 9.17. The van der Waals surface area contributed by atoms with Crippen LogP contribution in [0.5, 0.6) is 10.8 Å². The largest absolute Gasteiger partial charge is 0.447 e. The van der Waals surface area contributed by atoms with Crippen LogP contribution in [0.1, 0.15) is 28.9 Å². The zero-order chi connectivity index (χ0) is 19.7. The predicted octanol–water partition coefficient (Wildman–Crippen LogP) is 3.37. The van der Waals surface area contributed by atoms with Gasteiger partial charge in [0.25, 0.3) is 11.8 Å². The molecule has 0 spiro atoms. The third kappa shape index (κ3) is 4.15. The van der Waals surface area contributed by atoms with E-state index in [1.165, 1.54) is 29.9 Å². The molecule has 1 aromatic carbocycles. The van der Waals surface area contributed by atoms with Crippen LogP contribution in [-0.2, 0) is 4.79 Å². The average Bonchev–Trinajstić information content (AvgIpc) is 3.39. The summed E-state index contributed by atoms with van der Waals surface area (Å²) in [7, 11) is 0. The van der Waals surface area contributed by atoms with Crippen LogP contribution >= 0.6 is 11.3 Å². The van der Waals surface area contributed by atoms with Gasteiger partial charge in [0.15, 0.2) is 5.06 Å². The van der Waals surface area contributed by atoms with Crippen LogP contribution in [0.3, 0.4) is 0 Å². The number of fused-ring (bicyclic) bond motifs is 2. The summed E-state index contributed by atoms with van der Waals surface area (Å²) >= 11 is 1.20. The monoisotopic (exact) mass is 407 g/mol. The first-order chi connectivity index (χ1) is 13.5. The van der Waals surface area contributed by atoms with E-state index in [0.29, 0.717) is 27.8 Å². The van der Waals surface area contributed by atoms with Gasteiger partial charge < -0.3 is 20.7 Å². The van der Waals surface area contributed by atoms with Crippen molar-refractivity contribution >= 4 is 28.8 Å². The Morgan fingerprint density at radius 1 is 1.21 bits per heavy atom. The minimum Gasteiger partial charge on any atom is -0.447 e. The highest BCUT2D eigenvalue weighted by Crippen LogP contribution is 2.32.